The SMILES string of the molecule is C=C1N[C@](CCC2CCCCC2)(C[C@H]2CCC[C@@H](NCCCC)C2)C(=O)N1C. The van der Waals surface area contributed by atoms with Crippen molar-refractivity contribution in [2.24, 2.45) is 11.8 Å². The van der Waals surface area contributed by atoms with Crippen LogP contribution in [0, 0.1) is 11.8 Å². The third-order valence-electron chi connectivity index (χ3n) is 7.59. The van der Waals surface area contributed by atoms with Crippen LogP contribution in [-0.4, -0.2) is 36.0 Å². The first-order chi connectivity index (χ1) is 13.5. The topological polar surface area (TPSA) is 44.4 Å². The van der Waals surface area contributed by atoms with Crippen LogP contribution in [0.15, 0.2) is 12.4 Å². The van der Waals surface area contributed by atoms with Crippen molar-refractivity contribution in [1.29, 1.82) is 0 Å². The second-order valence-corrected chi connectivity index (χ2v) is 9.80. The number of amides is 1. The number of nitrogens with zero attached hydrogens (tertiary/aromatic N) is 1. The molecule has 160 valence electrons. The number of carbonyl (C=O) groups excluding carboxylic acids is 1. The summed E-state index contributed by atoms with van der Waals surface area (Å²) in [4.78, 5) is 15.0. The van der Waals surface area contributed by atoms with Gasteiger partial charge < -0.3 is 15.5 Å². The quantitative estimate of drug-likeness (QED) is 0.548. The van der Waals surface area contributed by atoms with Gasteiger partial charge in [0.25, 0.3) is 5.91 Å². The standard InChI is InChI=1S/C24H43N3O/c1-4-5-16-25-22-13-9-12-21(17-22)18-24(23(28)27(3)19(2)26-24)15-14-20-10-7-6-8-11-20/h20-22,25-26H,2,4-18H2,1,3H3/t21-,22+,24+/m0/s1. The number of nitrogens with one attached hydrogen (secondary N) is 2. The van der Waals surface area contributed by atoms with Gasteiger partial charge in [-0.25, -0.2) is 0 Å². The number of likely N-dealkylation sites (N-methyl/N-ethyl adjacent to an activating group) is 1. The van der Waals surface area contributed by atoms with Crippen molar-refractivity contribution in [1.82, 2.24) is 15.5 Å². The fraction of sp³-hybridized carbons (Fsp3) is 0.875. The van der Waals surface area contributed by atoms with Gasteiger partial charge in [0, 0.05) is 13.1 Å². The van der Waals surface area contributed by atoms with Crippen molar-refractivity contribution >= 4 is 5.91 Å². The molecule has 1 amide bonds. The Morgan fingerprint density at radius 2 is 1.89 bits per heavy atom. The first-order valence-electron chi connectivity index (χ1n) is 12.0. The molecule has 28 heavy (non-hydrogen) atoms. The lowest BCUT2D eigenvalue weighted by molar-refractivity contribution is -0.132. The molecule has 0 aromatic heterocycles. The van der Waals surface area contributed by atoms with Crippen LogP contribution in [0.5, 0.6) is 0 Å². The molecule has 0 bridgehead atoms. The van der Waals surface area contributed by atoms with Crippen molar-refractivity contribution in [3.05, 3.63) is 12.4 Å². The highest BCUT2D eigenvalue weighted by Crippen LogP contribution is 2.39. The van der Waals surface area contributed by atoms with E-state index in [1.807, 2.05) is 7.05 Å². The summed E-state index contributed by atoms with van der Waals surface area (Å²) in [5.41, 5.74) is -0.404. The van der Waals surface area contributed by atoms with E-state index in [2.05, 4.69) is 24.1 Å². The number of carbonyl (C=O) groups is 1. The third-order valence-corrected chi connectivity index (χ3v) is 7.59. The van der Waals surface area contributed by atoms with Crippen molar-refractivity contribution in [2.75, 3.05) is 13.6 Å². The summed E-state index contributed by atoms with van der Waals surface area (Å²) in [7, 11) is 1.88. The zero-order chi connectivity index (χ0) is 20.0. The van der Waals surface area contributed by atoms with E-state index in [1.165, 1.54) is 77.0 Å². The molecule has 0 radical (unpaired) electrons. The molecule has 3 rings (SSSR count). The highest BCUT2D eigenvalue weighted by atomic mass is 16.2. The van der Waals surface area contributed by atoms with E-state index in [0.29, 0.717) is 12.0 Å². The molecule has 3 aliphatic rings. The van der Waals surface area contributed by atoms with E-state index < -0.39 is 5.54 Å². The van der Waals surface area contributed by atoms with E-state index in [1.54, 1.807) is 4.90 Å². The van der Waals surface area contributed by atoms with Gasteiger partial charge in [0.2, 0.25) is 0 Å². The maximum atomic E-state index is 13.3. The lowest BCUT2D eigenvalue weighted by Gasteiger charge is -2.37. The summed E-state index contributed by atoms with van der Waals surface area (Å²) in [6.07, 6.45) is 17.6. The molecule has 0 unspecified atom stereocenters. The van der Waals surface area contributed by atoms with Crippen LogP contribution in [0.1, 0.15) is 96.8 Å². The molecule has 4 heteroatoms. The van der Waals surface area contributed by atoms with Gasteiger partial charge in [-0.05, 0) is 56.9 Å². The van der Waals surface area contributed by atoms with Gasteiger partial charge in [0.05, 0.1) is 0 Å². The van der Waals surface area contributed by atoms with Gasteiger partial charge in [0.15, 0.2) is 0 Å². The molecule has 1 heterocycles. The molecule has 3 atom stereocenters. The maximum absolute atomic E-state index is 13.3. The van der Waals surface area contributed by atoms with Crippen molar-refractivity contribution < 1.29 is 4.79 Å². The van der Waals surface area contributed by atoms with Crippen LogP contribution >= 0.6 is 0 Å². The van der Waals surface area contributed by atoms with Crippen molar-refractivity contribution in [3.63, 3.8) is 0 Å². The minimum absolute atomic E-state index is 0.259. The Kier molecular flexibility index (Phi) is 7.85. The van der Waals surface area contributed by atoms with E-state index in [4.69, 9.17) is 0 Å². The minimum Gasteiger partial charge on any atom is -0.358 e. The molecule has 2 N–H and O–H groups in total. The predicted octanol–water partition coefficient (Wildman–Crippen LogP) is 4.96. The fourth-order valence-electron chi connectivity index (χ4n) is 5.83. The van der Waals surface area contributed by atoms with E-state index in [0.717, 1.165) is 31.1 Å². The number of unbranched alkanes of at least 4 members (excludes halogenated alkanes) is 1. The zero-order valence-electron chi connectivity index (χ0n) is 18.4. The zero-order valence-corrected chi connectivity index (χ0v) is 18.4. The fourth-order valence-corrected chi connectivity index (χ4v) is 5.83. The van der Waals surface area contributed by atoms with Gasteiger partial charge >= 0.3 is 0 Å². The molecule has 4 nitrogen and oxygen atoms in total. The summed E-state index contributed by atoms with van der Waals surface area (Å²) in [5.74, 6) is 2.50. The molecular weight excluding hydrogens is 346 g/mol. The van der Waals surface area contributed by atoms with Crippen LogP contribution in [-0.2, 0) is 4.79 Å². The summed E-state index contributed by atoms with van der Waals surface area (Å²) in [6, 6.07) is 0.637. The normalized spacial score (nSPS) is 32.0. The number of rotatable bonds is 9. The summed E-state index contributed by atoms with van der Waals surface area (Å²) >= 11 is 0. The lowest BCUT2D eigenvalue weighted by Crippen LogP contribution is -2.49. The molecule has 1 saturated heterocycles. The number of hydrogen-bond acceptors (Lipinski definition) is 3. The van der Waals surface area contributed by atoms with Crippen LogP contribution < -0.4 is 10.6 Å². The first-order valence-corrected chi connectivity index (χ1v) is 12.0. The Morgan fingerprint density at radius 3 is 2.57 bits per heavy atom. The molecule has 0 aromatic rings. The predicted molar refractivity (Wildman–Crippen MR) is 117 cm³/mol. The second kappa shape index (κ2) is 10.1. The Balaban J connectivity index is 1.62. The second-order valence-electron chi connectivity index (χ2n) is 9.80. The maximum Gasteiger partial charge on any atom is 0.253 e. The Labute approximate surface area is 172 Å². The average molecular weight is 390 g/mol. The van der Waals surface area contributed by atoms with Gasteiger partial charge in [-0.15, -0.1) is 0 Å². The Bertz CT molecular complexity index is 528. The minimum atomic E-state index is -0.404. The van der Waals surface area contributed by atoms with Crippen LogP contribution in [0.25, 0.3) is 0 Å². The molecule has 0 spiro atoms. The number of hydrogen-bond donors (Lipinski definition) is 2. The molecule has 2 aliphatic carbocycles. The van der Waals surface area contributed by atoms with Gasteiger partial charge in [-0.3, -0.25) is 4.79 Å². The van der Waals surface area contributed by atoms with Gasteiger partial charge in [-0.2, -0.15) is 0 Å². The molecule has 0 aromatic carbocycles. The van der Waals surface area contributed by atoms with Gasteiger partial charge in [0.1, 0.15) is 11.4 Å². The Hall–Kier alpha value is -1.03. The summed E-state index contributed by atoms with van der Waals surface area (Å²) in [6.45, 7) is 7.50. The van der Waals surface area contributed by atoms with E-state index in [9.17, 15) is 4.79 Å². The summed E-state index contributed by atoms with van der Waals surface area (Å²) < 4.78 is 0. The highest BCUT2D eigenvalue weighted by molar-refractivity contribution is 5.90. The van der Waals surface area contributed by atoms with E-state index in [-0.39, 0.29) is 5.91 Å². The van der Waals surface area contributed by atoms with Crippen LogP contribution in [0.4, 0.5) is 0 Å². The van der Waals surface area contributed by atoms with Crippen molar-refractivity contribution in [2.45, 2.75) is 108 Å². The summed E-state index contributed by atoms with van der Waals surface area (Å²) in [5, 5.41) is 7.35. The molecular formula is C24H43N3O. The highest BCUT2D eigenvalue weighted by Gasteiger charge is 2.48. The molecule has 1 aliphatic heterocycles. The third kappa shape index (κ3) is 5.31. The van der Waals surface area contributed by atoms with Crippen LogP contribution in [0.3, 0.4) is 0 Å². The lowest BCUT2D eigenvalue weighted by atomic mass is 9.74. The van der Waals surface area contributed by atoms with Crippen LogP contribution in [0.2, 0.25) is 0 Å². The van der Waals surface area contributed by atoms with Gasteiger partial charge in [-0.1, -0.05) is 64.9 Å². The smallest absolute Gasteiger partial charge is 0.253 e. The monoisotopic (exact) mass is 389 g/mol. The average Bonchev–Trinajstić information content (AvgIpc) is 2.92. The largest absolute Gasteiger partial charge is 0.358 e. The van der Waals surface area contributed by atoms with Crippen molar-refractivity contribution in [3.8, 4) is 0 Å². The van der Waals surface area contributed by atoms with E-state index >= 15 is 0 Å². The molecule has 2 saturated carbocycles. The Morgan fingerprint density at radius 1 is 1.14 bits per heavy atom. The first kappa shape index (κ1) is 21.7. The molecule has 3 fully saturated rings.